The SMILES string of the molecule is Cc1onc(-c2ccccc2)c1C(=O)NC1C(=O)N2C1SC(C)(C)C2C(=O)[O-].[Na+]. The van der Waals surface area contributed by atoms with Gasteiger partial charge in [-0.3, -0.25) is 9.59 Å². The summed E-state index contributed by atoms with van der Waals surface area (Å²) in [6, 6.07) is 7.29. The number of hydrogen-bond acceptors (Lipinski definition) is 7. The molecular weight excluding hydrogens is 405 g/mol. The van der Waals surface area contributed by atoms with Gasteiger partial charge in [-0.15, -0.1) is 11.8 Å². The number of fused-ring (bicyclic) bond motifs is 1. The summed E-state index contributed by atoms with van der Waals surface area (Å²) in [7, 11) is 0. The van der Waals surface area contributed by atoms with Gasteiger partial charge >= 0.3 is 29.6 Å². The van der Waals surface area contributed by atoms with Crippen LogP contribution in [0.4, 0.5) is 0 Å². The van der Waals surface area contributed by atoms with Crippen molar-refractivity contribution in [3.05, 3.63) is 41.7 Å². The van der Waals surface area contributed by atoms with Crippen molar-refractivity contribution in [2.45, 2.75) is 43.0 Å². The van der Waals surface area contributed by atoms with Crippen molar-refractivity contribution in [1.29, 1.82) is 0 Å². The third-order valence-corrected chi connectivity index (χ3v) is 6.66. The van der Waals surface area contributed by atoms with E-state index < -0.39 is 40.0 Å². The predicted molar refractivity (Wildman–Crippen MR) is 99.0 cm³/mol. The van der Waals surface area contributed by atoms with Crippen LogP contribution in [0.25, 0.3) is 11.3 Å². The summed E-state index contributed by atoms with van der Waals surface area (Å²) < 4.78 is 4.49. The average molecular weight is 423 g/mol. The first-order valence-corrected chi connectivity index (χ1v) is 9.64. The maximum atomic E-state index is 12.9. The van der Waals surface area contributed by atoms with Crippen molar-refractivity contribution in [2.24, 2.45) is 0 Å². The number of β-lactam (4-membered cyclic amide) rings is 1. The van der Waals surface area contributed by atoms with Crippen LogP contribution >= 0.6 is 11.8 Å². The van der Waals surface area contributed by atoms with Crippen molar-refractivity contribution in [1.82, 2.24) is 15.4 Å². The summed E-state index contributed by atoms with van der Waals surface area (Å²) in [6.07, 6.45) is 0. The first-order valence-electron chi connectivity index (χ1n) is 8.76. The second-order valence-corrected chi connectivity index (χ2v) is 9.13. The number of carbonyl (C=O) groups excluding carboxylic acids is 3. The number of nitrogens with zero attached hydrogens (tertiary/aromatic N) is 2. The van der Waals surface area contributed by atoms with Crippen molar-refractivity contribution in [3.63, 3.8) is 0 Å². The molecule has 29 heavy (non-hydrogen) atoms. The minimum atomic E-state index is -1.29. The molecular formula is C19H18N3NaO5S. The first kappa shape index (κ1) is 21.9. The van der Waals surface area contributed by atoms with Crippen molar-refractivity contribution in [3.8, 4) is 11.3 Å². The van der Waals surface area contributed by atoms with Gasteiger partial charge in [0.15, 0.2) is 0 Å². The molecule has 8 nitrogen and oxygen atoms in total. The summed E-state index contributed by atoms with van der Waals surface area (Å²) >= 11 is 1.34. The second kappa shape index (κ2) is 7.79. The molecule has 146 valence electrons. The number of benzene rings is 1. The fraction of sp³-hybridized carbons (Fsp3) is 0.368. The zero-order chi connectivity index (χ0) is 20.2. The van der Waals surface area contributed by atoms with Crippen LogP contribution in [0.5, 0.6) is 0 Å². The van der Waals surface area contributed by atoms with E-state index in [1.54, 1.807) is 20.8 Å². The molecule has 2 amide bonds. The Labute approximate surface area is 193 Å². The molecule has 0 spiro atoms. The van der Waals surface area contributed by atoms with Crippen LogP contribution in [0.3, 0.4) is 0 Å². The van der Waals surface area contributed by atoms with Crippen LogP contribution in [0.15, 0.2) is 34.9 Å². The van der Waals surface area contributed by atoms with E-state index in [9.17, 15) is 19.5 Å². The molecule has 0 radical (unpaired) electrons. The molecule has 1 aromatic carbocycles. The minimum absolute atomic E-state index is 0. The van der Waals surface area contributed by atoms with Crippen LogP contribution in [0.1, 0.15) is 30.0 Å². The van der Waals surface area contributed by atoms with Crippen molar-refractivity contribution >= 4 is 29.5 Å². The maximum absolute atomic E-state index is 12.9. The Balaban J connectivity index is 0.00000240. The standard InChI is InChI=1S/C19H19N3O5S.Na/c1-9-11(12(21-27-9)10-7-5-4-6-8-10)15(23)20-13-16(24)22-14(18(25)26)19(2,3)28-17(13)22;/h4-8,13-14,17H,1-3H3,(H,20,23)(H,25,26);/q;+1/p-1. The molecule has 1 N–H and O–H groups in total. The second-order valence-electron chi connectivity index (χ2n) is 7.36. The number of aliphatic carboxylic acids is 1. The third kappa shape index (κ3) is 3.50. The number of carboxylic acid groups (broad SMARTS) is 1. The molecule has 10 heteroatoms. The van der Waals surface area contributed by atoms with E-state index in [1.807, 2.05) is 30.3 Å². The smallest absolute Gasteiger partial charge is 0.548 e. The zero-order valence-electron chi connectivity index (χ0n) is 16.5. The fourth-order valence-electron chi connectivity index (χ4n) is 3.77. The van der Waals surface area contributed by atoms with Gasteiger partial charge in [-0.25, -0.2) is 0 Å². The summed E-state index contributed by atoms with van der Waals surface area (Å²) in [5.74, 6) is -1.86. The van der Waals surface area contributed by atoms with Gasteiger partial charge in [-0.1, -0.05) is 35.5 Å². The van der Waals surface area contributed by atoms with E-state index in [0.717, 1.165) is 5.56 Å². The van der Waals surface area contributed by atoms with Crippen LogP contribution in [-0.2, 0) is 9.59 Å². The topological polar surface area (TPSA) is 116 Å². The number of hydrogen-bond donors (Lipinski definition) is 1. The predicted octanol–water partition coefficient (Wildman–Crippen LogP) is -2.44. The number of amides is 2. The van der Waals surface area contributed by atoms with E-state index in [4.69, 9.17) is 4.52 Å². The number of nitrogens with one attached hydrogen (secondary N) is 1. The Hall–Kier alpha value is -1.81. The van der Waals surface area contributed by atoms with Gasteiger partial charge in [0.1, 0.15) is 28.4 Å². The molecule has 3 atom stereocenters. The molecule has 1 aromatic heterocycles. The molecule has 3 heterocycles. The van der Waals surface area contributed by atoms with Crippen LogP contribution < -0.4 is 40.0 Å². The van der Waals surface area contributed by atoms with Gasteiger partial charge in [0.2, 0.25) is 5.91 Å². The Morgan fingerprint density at radius 1 is 1.28 bits per heavy atom. The van der Waals surface area contributed by atoms with Crippen molar-refractivity contribution < 1.29 is 53.6 Å². The molecule has 4 rings (SSSR count). The van der Waals surface area contributed by atoms with Gasteiger partial charge in [-0.2, -0.15) is 0 Å². The third-order valence-electron chi connectivity index (χ3n) is 5.09. The summed E-state index contributed by atoms with van der Waals surface area (Å²) in [5.41, 5.74) is 1.38. The Morgan fingerprint density at radius 3 is 2.55 bits per heavy atom. The van der Waals surface area contributed by atoms with Crippen molar-refractivity contribution in [2.75, 3.05) is 0 Å². The van der Waals surface area contributed by atoms with Gasteiger partial charge in [-0.05, 0) is 20.8 Å². The first-order chi connectivity index (χ1) is 13.2. The Kier molecular flexibility index (Phi) is 5.88. The van der Waals surface area contributed by atoms with E-state index in [-0.39, 0.29) is 35.1 Å². The number of carboxylic acids is 1. The largest absolute Gasteiger partial charge is 1.00 e. The zero-order valence-corrected chi connectivity index (χ0v) is 19.3. The molecule has 2 saturated heterocycles. The number of aromatic nitrogens is 1. The summed E-state index contributed by atoms with van der Waals surface area (Å²) in [4.78, 5) is 38.2. The monoisotopic (exact) mass is 423 g/mol. The fourth-order valence-corrected chi connectivity index (χ4v) is 5.39. The van der Waals surface area contributed by atoms with E-state index >= 15 is 0 Å². The maximum Gasteiger partial charge on any atom is 1.00 e. The summed E-state index contributed by atoms with van der Waals surface area (Å²) in [5, 5.41) is 17.7. The molecule has 2 aliphatic heterocycles. The van der Waals surface area contributed by atoms with E-state index in [0.29, 0.717) is 11.5 Å². The Bertz CT molecular complexity index is 977. The number of rotatable bonds is 4. The Morgan fingerprint density at radius 2 is 1.93 bits per heavy atom. The molecule has 2 aliphatic rings. The number of thioether (sulfide) groups is 1. The average Bonchev–Trinajstić information content (AvgIpc) is 3.15. The van der Waals surface area contributed by atoms with Crippen LogP contribution in [-0.4, -0.2) is 50.0 Å². The summed E-state index contributed by atoms with van der Waals surface area (Å²) in [6.45, 7) is 5.13. The quantitative estimate of drug-likeness (QED) is 0.429. The van der Waals surface area contributed by atoms with Gasteiger partial charge in [0, 0.05) is 10.3 Å². The molecule has 2 aromatic rings. The normalized spacial score (nSPS) is 24.3. The minimum Gasteiger partial charge on any atom is -0.548 e. The van der Waals surface area contributed by atoms with Gasteiger partial charge < -0.3 is 24.6 Å². The molecule has 3 unspecified atom stereocenters. The van der Waals surface area contributed by atoms with E-state index in [1.165, 1.54) is 16.7 Å². The number of carbonyl (C=O) groups is 3. The van der Waals surface area contributed by atoms with Crippen LogP contribution in [0.2, 0.25) is 0 Å². The molecule has 0 aliphatic carbocycles. The molecule has 0 bridgehead atoms. The number of aryl methyl sites for hydroxylation is 1. The van der Waals surface area contributed by atoms with Gasteiger partial charge in [0.05, 0.1) is 12.0 Å². The van der Waals surface area contributed by atoms with E-state index in [2.05, 4.69) is 10.5 Å². The van der Waals surface area contributed by atoms with Gasteiger partial charge in [0.25, 0.3) is 5.91 Å². The molecule has 0 saturated carbocycles. The molecule has 2 fully saturated rings. The van der Waals surface area contributed by atoms with Crippen LogP contribution in [0, 0.1) is 6.92 Å².